The van der Waals surface area contributed by atoms with E-state index in [1.807, 2.05) is 36.4 Å². The minimum absolute atomic E-state index is 0. The van der Waals surface area contributed by atoms with Crippen LogP contribution in [0.3, 0.4) is 0 Å². The summed E-state index contributed by atoms with van der Waals surface area (Å²) < 4.78 is 1.58. The van der Waals surface area contributed by atoms with Gasteiger partial charge in [0, 0.05) is 22.3 Å². The van der Waals surface area contributed by atoms with Crippen molar-refractivity contribution in [3.8, 4) is 0 Å². The molecule has 0 radical (unpaired) electrons. The normalized spacial score (nSPS) is 12.1. The molecule has 0 spiro atoms. The Labute approximate surface area is 363 Å². The van der Waals surface area contributed by atoms with Gasteiger partial charge in [-0.05, 0) is 86.8 Å². The van der Waals surface area contributed by atoms with Gasteiger partial charge in [-0.15, -0.1) is 0 Å². The van der Waals surface area contributed by atoms with Gasteiger partial charge in [0.05, 0.1) is 0 Å². The number of hydrogen-bond donors (Lipinski definition) is 0. The molecule has 310 valence electrons. The number of nitrogens with zero attached hydrogens (tertiary/aromatic N) is 2. The van der Waals surface area contributed by atoms with Crippen molar-refractivity contribution in [2.75, 3.05) is 0 Å². The number of aryl methyl sites for hydroxylation is 2. The third-order valence-electron chi connectivity index (χ3n) is 10.7. The first-order chi connectivity index (χ1) is 27.5. The van der Waals surface area contributed by atoms with Gasteiger partial charge in [-0.1, -0.05) is 188 Å². The Morgan fingerprint density at radius 2 is 0.754 bits per heavy atom. The molecule has 57 heavy (non-hydrogen) atoms. The summed E-state index contributed by atoms with van der Waals surface area (Å²) in [4.78, 5) is 0. The standard InChI is InChI=1S/C38H56N2.2C8H9.Pd/c1-5-9-13-14-15-18-28-36-35(27-12-8-4)37(33-25-19-23-31(29-33)21-16-10-6-2)40(39)38(36)34-26-20-24-32(30-34)22-17-11-7-3;2*1-2-8-6-4-3-5-7-8;/h19-20,23-26,29-30H,5-18,21-22,27-28H2,1-4H3;2*3-7H,1-2H2;/q;2*-1;+2. The van der Waals surface area contributed by atoms with Crippen LogP contribution in [-0.2, 0) is 46.1 Å². The summed E-state index contributed by atoms with van der Waals surface area (Å²) in [5.74, 6) is 0. The van der Waals surface area contributed by atoms with Crippen LogP contribution in [0, 0.1) is 13.8 Å². The van der Waals surface area contributed by atoms with Gasteiger partial charge in [0.15, 0.2) is 0 Å². The predicted octanol–water partition coefficient (Wildman–Crippen LogP) is 16.4. The summed E-state index contributed by atoms with van der Waals surface area (Å²) in [5, 5.41) is 0. The Balaban J connectivity index is 0.000000541. The van der Waals surface area contributed by atoms with Crippen molar-refractivity contribution in [1.29, 1.82) is 0 Å². The van der Waals surface area contributed by atoms with Crippen LogP contribution in [0.5, 0.6) is 0 Å². The van der Waals surface area contributed by atoms with E-state index in [0.717, 1.165) is 68.3 Å². The Morgan fingerprint density at radius 1 is 0.404 bits per heavy atom. The first-order valence-electron chi connectivity index (χ1n) is 22.3. The number of rotatable bonds is 22. The second kappa shape index (κ2) is 30.7. The summed E-state index contributed by atoms with van der Waals surface area (Å²) in [5.41, 5.74) is 24.5. The molecular weight excluding hydrogens is 783 g/mol. The van der Waals surface area contributed by atoms with Crippen LogP contribution in [0.15, 0.2) is 120 Å². The Bertz CT molecular complexity index is 1680. The molecule has 0 saturated heterocycles. The molecule has 0 aliphatic carbocycles. The second-order valence-electron chi connectivity index (χ2n) is 15.4. The van der Waals surface area contributed by atoms with Gasteiger partial charge in [-0.2, -0.15) is 12.8 Å². The Hall–Kier alpha value is -3.38. The second-order valence-corrected chi connectivity index (χ2v) is 15.4. The number of allylic oxidation sites excluding steroid dienone is 2. The number of hydrogen-bond acceptors (Lipinski definition) is 0. The van der Waals surface area contributed by atoms with Crippen LogP contribution in [0.4, 0.5) is 0 Å². The van der Waals surface area contributed by atoms with E-state index in [9.17, 15) is 5.53 Å². The summed E-state index contributed by atoms with van der Waals surface area (Å²) >= 11 is 0. The number of unbranched alkanes of at least 4 members (excludes halogenated alkanes) is 10. The minimum atomic E-state index is 0. The SMILES string of the molecule is CCCCCCCCC1=C(c2cccc(CCCCC)c2)[N+](=[N-])C(c2cccc(CCCCC)c2)=C1CCCC.[CH2-]Cc1ccccc1.[CH2-]Cc1ccccc1.[Pd+2]. The first kappa shape index (κ1) is 49.8. The summed E-state index contributed by atoms with van der Waals surface area (Å²) in [6, 6.07) is 38.4. The third-order valence-corrected chi connectivity index (χ3v) is 10.7. The van der Waals surface area contributed by atoms with Gasteiger partial charge in [0.1, 0.15) is 0 Å². The molecule has 4 aromatic rings. The van der Waals surface area contributed by atoms with E-state index < -0.39 is 0 Å². The van der Waals surface area contributed by atoms with Crippen molar-refractivity contribution >= 4 is 11.4 Å². The van der Waals surface area contributed by atoms with Gasteiger partial charge in [-0.25, -0.2) is 4.70 Å². The van der Waals surface area contributed by atoms with Crippen molar-refractivity contribution in [3.05, 3.63) is 173 Å². The van der Waals surface area contributed by atoms with E-state index in [0.29, 0.717) is 0 Å². The van der Waals surface area contributed by atoms with Crippen LogP contribution in [0.1, 0.15) is 164 Å². The molecule has 0 saturated carbocycles. The fourth-order valence-corrected chi connectivity index (χ4v) is 7.42. The maximum absolute atomic E-state index is 12.0. The van der Waals surface area contributed by atoms with E-state index in [4.69, 9.17) is 0 Å². The van der Waals surface area contributed by atoms with Gasteiger partial charge < -0.3 is 19.4 Å². The fourth-order valence-electron chi connectivity index (χ4n) is 7.42. The van der Waals surface area contributed by atoms with Crippen molar-refractivity contribution in [1.82, 2.24) is 0 Å². The average Bonchev–Trinajstić information content (AvgIpc) is 3.52. The monoisotopic (exact) mass is 856 g/mol. The molecule has 2 nitrogen and oxygen atoms in total. The van der Waals surface area contributed by atoms with Crippen molar-refractivity contribution < 1.29 is 25.1 Å². The van der Waals surface area contributed by atoms with E-state index in [2.05, 4.69) is 114 Å². The van der Waals surface area contributed by atoms with Crippen molar-refractivity contribution in [2.45, 2.75) is 156 Å². The summed E-state index contributed by atoms with van der Waals surface area (Å²) in [6.07, 6.45) is 23.5. The molecule has 0 unspecified atom stereocenters. The molecule has 1 aliphatic heterocycles. The molecule has 3 heteroatoms. The Kier molecular flexibility index (Phi) is 26.8. The molecule has 4 aromatic carbocycles. The van der Waals surface area contributed by atoms with Crippen molar-refractivity contribution in [2.24, 2.45) is 0 Å². The van der Waals surface area contributed by atoms with Crippen LogP contribution in [-0.4, -0.2) is 4.70 Å². The summed E-state index contributed by atoms with van der Waals surface area (Å²) in [7, 11) is 0. The molecule has 0 atom stereocenters. The largest absolute Gasteiger partial charge is 2.00 e. The zero-order chi connectivity index (χ0) is 40.2. The van der Waals surface area contributed by atoms with Gasteiger partial charge in [0.2, 0.25) is 11.4 Å². The van der Waals surface area contributed by atoms with E-state index in [1.165, 1.54) is 116 Å². The molecular formula is C54H74N2Pd. The number of benzene rings is 4. The van der Waals surface area contributed by atoms with E-state index >= 15 is 0 Å². The van der Waals surface area contributed by atoms with Crippen LogP contribution in [0.2, 0.25) is 0 Å². The molecule has 0 amide bonds. The van der Waals surface area contributed by atoms with E-state index in [1.54, 1.807) is 4.70 Å². The van der Waals surface area contributed by atoms with Gasteiger partial charge in [-0.3, -0.25) is 0 Å². The molecule has 0 aromatic heterocycles. The molecule has 5 rings (SSSR count). The van der Waals surface area contributed by atoms with Gasteiger partial charge in [0.25, 0.3) is 0 Å². The average molecular weight is 858 g/mol. The van der Waals surface area contributed by atoms with Crippen molar-refractivity contribution in [3.63, 3.8) is 0 Å². The van der Waals surface area contributed by atoms with Gasteiger partial charge >= 0.3 is 20.4 Å². The maximum Gasteiger partial charge on any atom is 2.00 e. The van der Waals surface area contributed by atoms with E-state index in [-0.39, 0.29) is 20.4 Å². The third kappa shape index (κ3) is 18.0. The summed E-state index contributed by atoms with van der Waals surface area (Å²) in [6.45, 7) is 16.6. The minimum Gasteiger partial charge on any atom is -0.493 e. The van der Waals surface area contributed by atoms with Crippen LogP contribution in [0.25, 0.3) is 16.9 Å². The predicted molar refractivity (Wildman–Crippen MR) is 245 cm³/mol. The first-order valence-corrected chi connectivity index (χ1v) is 22.3. The fraction of sp³-hybridized carbons (Fsp3) is 0.444. The maximum atomic E-state index is 12.0. The smallest absolute Gasteiger partial charge is 0.493 e. The molecule has 0 N–H and O–H groups in total. The zero-order valence-electron chi connectivity index (χ0n) is 36.2. The molecule has 0 bridgehead atoms. The van der Waals surface area contributed by atoms with Crippen LogP contribution < -0.4 is 0 Å². The quantitative estimate of drug-likeness (QED) is 0.0326. The molecule has 1 heterocycles. The topological polar surface area (TPSA) is 25.3 Å². The zero-order valence-corrected chi connectivity index (χ0v) is 37.7. The van der Waals surface area contributed by atoms with Crippen LogP contribution >= 0.6 is 0 Å². The Morgan fingerprint density at radius 3 is 1.16 bits per heavy atom. The molecule has 1 aliphatic rings. The molecule has 0 fully saturated rings.